The summed E-state index contributed by atoms with van der Waals surface area (Å²) < 4.78 is 31.0. The van der Waals surface area contributed by atoms with E-state index >= 15 is 0 Å². The van der Waals surface area contributed by atoms with Crippen LogP contribution >= 0.6 is 8.03 Å². The fourth-order valence-corrected chi connectivity index (χ4v) is 4.87. The molecule has 3 unspecified atom stereocenters. The maximum Gasteiger partial charge on any atom is 0.313 e. The van der Waals surface area contributed by atoms with Gasteiger partial charge in [0, 0.05) is 11.3 Å². The highest BCUT2D eigenvalue weighted by Gasteiger charge is 2.34. The van der Waals surface area contributed by atoms with Gasteiger partial charge in [0.15, 0.2) is 8.03 Å². The van der Waals surface area contributed by atoms with Gasteiger partial charge >= 0.3 is 5.97 Å². The fourth-order valence-electron chi connectivity index (χ4n) is 3.88. The molecule has 0 spiro atoms. The summed E-state index contributed by atoms with van der Waals surface area (Å²) in [5.41, 5.74) is 2.16. The van der Waals surface area contributed by atoms with E-state index in [2.05, 4.69) is 6.58 Å². The number of rotatable bonds is 9. The van der Waals surface area contributed by atoms with Gasteiger partial charge < -0.3 is 14.7 Å². The van der Waals surface area contributed by atoms with Crippen molar-refractivity contribution in [3.8, 4) is 22.4 Å². The third-order valence-electron chi connectivity index (χ3n) is 5.41. The van der Waals surface area contributed by atoms with Crippen LogP contribution in [-0.2, 0) is 14.1 Å². The number of halogens is 1. The minimum absolute atomic E-state index is 0.186. The summed E-state index contributed by atoms with van der Waals surface area (Å²) >= 11 is 0. The van der Waals surface area contributed by atoms with Gasteiger partial charge in [0.2, 0.25) is 0 Å². The lowest BCUT2D eigenvalue weighted by molar-refractivity contribution is -0.140. The molecule has 2 N–H and O–H groups in total. The molecule has 0 fully saturated rings. The first kappa shape index (κ1) is 25.5. The molecule has 3 aromatic rings. The van der Waals surface area contributed by atoms with Crippen LogP contribution in [0.4, 0.5) is 4.39 Å². The number of nitrogens with zero attached hydrogens (tertiary/aromatic N) is 1. The van der Waals surface area contributed by atoms with Crippen LogP contribution < -0.4 is 0 Å². The van der Waals surface area contributed by atoms with Gasteiger partial charge in [0.25, 0.3) is 0 Å². The molecule has 2 aromatic carbocycles. The van der Waals surface area contributed by atoms with Gasteiger partial charge in [-0.1, -0.05) is 62.9 Å². The summed E-state index contributed by atoms with van der Waals surface area (Å²) in [4.78, 5) is 27.1. The molecule has 0 bridgehead atoms. The van der Waals surface area contributed by atoms with Crippen LogP contribution in [0.2, 0.25) is 0 Å². The maximum absolute atomic E-state index is 13.7. The largest absolute Gasteiger partial charge is 0.435 e. The molecule has 0 radical (unpaired) electrons. The summed E-state index contributed by atoms with van der Waals surface area (Å²) in [6.45, 7) is 7.09. The Morgan fingerprint density at radius 1 is 1.15 bits per heavy atom. The Kier molecular flexibility index (Phi) is 8.51. The average molecular weight is 483 g/mol. The minimum atomic E-state index is -3.40. The third-order valence-corrected chi connectivity index (χ3v) is 6.62. The van der Waals surface area contributed by atoms with Crippen LogP contribution in [0, 0.1) is 5.82 Å². The van der Waals surface area contributed by atoms with Crippen LogP contribution in [0.5, 0.6) is 0 Å². The van der Waals surface area contributed by atoms with Crippen molar-refractivity contribution in [2.45, 2.75) is 37.9 Å². The number of hydrogen-bond donors (Lipinski definition) is 2. The van der Waals surface area contributed by atoms with E-state index < -0.39 is 38.0 Å². The number of aliphatic hydroxyl groups excluding tert-OH is 1. The number of aromatic nitrogens is 1. The van der Waals surface area contributed by atoms with Crippen molar-refractivity contribution in [1.29, 1.82) is 0 Å². The highest BCUT2D eigenvalue weighted by atomic mass is 31.1. The van der Waals surface area contributed by atoms with Crippen molar-refractivity contribution in [3.05, 3.63) is 90.6 Å². The Hall–Kier alpha value is -3.12. The normalized spacial score (nSPS) is 13.8. The molecule has 1 aromatic heterocycles. The van der Waals surface area contributed by atoms with E-state index in [0.717, 1.165) is 11.8 Å². The van der Waals surface area contributed by atoms with Crippen LogP contribution in [0.1, 0.15) is 43.1 Å². The van der Waals surface area contributed by atoms with E-state index in [1.165, 1.54) is 12.1 Å². The Bertz CT molecular complexity index is 1180. The molecule has 34 heavy (non-hydrogen) atoms. The molecule has 6 nitrogen and oxygen atoms in total. The number of aliphatic hydroxyl groups is 1. The Morgan fingerprint density at radius 3 is 2.35 bits per heavy atom. The molecule has 3 atom stereocenters. The standard InChI is InChI=1S/C26H27FNO5P/c1-4-33-23(30)15-22(29)26(34(31)32)24-20(17-10-12-19(27)13-11-17)14-21(28-25(24)16(2)3)18-8-6-5-7-9-18/h4-14,16,22,26,29,34H,1,15H2,2-3H3,(H,31,32). The summed E-state index contributed by atoms with van der Waals surface area (Å²) in [7, 11) is -3.40. The number of hydrogen-bond acceptors (Lipinski definition) is 5. The number of carbonyl (C=O) groups excluding carboxylic acids is 1. The fraction of sp³-hybridized carbons (Fsp3) is 0.231. The van der Waals surface area contributed by atoms with Gasteiger partial charge in [0.05, 0.1) is 30.1 Å². The second kappa shape index (κ2) is 11.3. The van der Waals surface area contributed by atoms with Crippen molar-refractivity contribution in [2.24, 2.45) is 0 Å². The SMILES string of the molecule is C=COC(=O)CC(O)C(c1c(-c2ccc(F)cc2)cc(-c2ccccc2)nc1C(C)C)[PH](=O)O. The molecule has 1 heterocycles. The molecule has 0 amide bonds. The van der Waals surface area contributed by atoms with E-state index in [1.54, 1.807) is 18.2 Å². The van der Waals surface area contributed by atoms with Gasteiger partial charge in [-0.15, -0.1) is 0 Å². The summed E-state index contributed by atoms with van der Waals surface area (Å²) in [5.74, 6) is -1.39. The number of ether oxygens (including phenoxy) is 1. The smallest absolute Gasteiger partial charge is 0.313 e. The lowest BCUT2D eigenvalue weighted by Crippen LogP contribution is -2.23. The van der Waals surface area contributed by atoms with E-state index in [1.807, 2.05) is 44.2 Å². The summed E-state index contributed by atoms with van der Waals surface area (Å²) in [6.07, 6.45) is -1.08. The van der Waals surface area contributed by atoms with E-state index in [9.17, 15) is 23.7 Å². The molecule has 0 aliphatic rings. The van der Waals surface area contributed by atoms with E-state index in [-0.39, 0.29) is 5.92 Å². The zero-order valence-electron chi connectivity index (χ0n) is 18.9. The van der Waals surface area contributed by atoms with Crippen molar-refractivity contribution >= 4 is 14.0 Å². The highest BCUT2D eigenvalue weighted by Crippen LogP contribution is 2.48. The zero-order chi connectivity index (χ0) is 24.8. The molecule has 8 heteroatoms. The molecule has 3 rings (SSSR count). The van der Waals surface area contributed by atoms with Gasteiger partial charge in [-0.2, -0.15) is 0 Å². The first-order chi connectivity index (χ1) is 16.2. The van der Waals surface area contributed by atoms with Crippen molar-refractivity contribution in [2.75, 3.05) is 0 Å². The van der Waals surface area contributed by atoms with Gasteiger partial charge in [-0.05, 0) is 40.8 Å². The Morgan fingerprint density at radius 2 is 1.79 bits per heavy atom. The number of esters is 1. The minimum Gasteiger partial charge on any atom is -0.435 e. The Balaban J connectivity index is 2.30. The lowest BCUT2D eigenvalue weighted by atomic mass is 9.88. The number of benzene rings is 2. The van der Waals surface area contributed by atoms with E-state index in [4.69, 9.17) is 9.72 Å². The molecule has 0 aliphatic heterocycles. The third kappa shape index (κ3) is 5.86. The summed E-state index contributed by atoms with van der Waals surface area (Å²) in [6, 6.07) is 16.9. The second-order valence-electron chi connectivity index (χ2n) is 8.13. The lowest BCUT2D eigenvalue weighted by Gasteiger charge is -2.27. The van der Waals surface area contributed by atoms with Crippen molar-refractivity contribution in [1.82, 2.24) is 4.98 Å². The average Bonchev–Trinajstić information content (AvgIpc) is 2.80. The van der Waals surface area contributed by atoms with Crippen molar-refractivity contribution in [3.63, 3.8) is 0 Å². The highest BCUT2D eigenvalue weighted by molar-refractivity contribution is 7.38. The second-order valence-corrected chi connectivity index (χ2v) is 9.42. The molecular weight excluding hydrogens is 456 g/mol. The van der Waals surface area contributed by atoms with Crippen molar-refractivity contribution < 1.29 is 28.5 Å². The van der Waals surface area contributed by atoms with Gasteiger partial charge in [0.1, 0.15) is 5.82 Å². The first-order valence-electron chi connectivity index (χ1n) is 10.8. The zero-order valence-corrected chi connectivity index (χ0v) is 19.9. The van der Waals surface area contributed by atoms with Crippen LogP contribution in [0.15, 0.2) is 73.5 Å². The van der Waals surface area contributed by atoms with Gasteiger partial charge in [-0.25, -0.2) is 4.39 Å². The monoisotopic (exact) mass is 483 g/mol. The molecule has 0 aliphatic carbocycles. The topological polar surface area (TPSA) is 96.7 Å². The predicted molar refractivity (Wildman–Crippen MR) is 130 cm³/mol. The van der Waals surface area contributed by atoms with Crippen LogP contribution in [0.3, 0.4) is 0 Å². The quantitative estimate of drug-likeness (QED) is 0.233. The predicted octanol–water partition coefficient (Wildman–Crippen LogP) is 5.62. The molecule has 178 valence electrons. The number of pyridine rings is 1. The van der Waals surface area contributed by atoms with Gasteiger partial charge in [-0.3, -0.25) is 14.3 Å². The van der Waals surface area contributed by atoms with Crippen LogP contribution in [-0.4, -0.2) is 27.1 Å². The Labute approximate surface area is 198 Å². The molecule has 0 saturated carbocycles. The van der Waals surface area contributed by atoms with Crippen LogP contribution in [0.25, 0.3) is 22.4 Å². The molecular formula is C26H27FNO5P. The first-order valence-corrected chi connectivity index (χ1v) is 12.2. The maximum atomic E-state index is 13.7. The summed E-state index contributed by atoms with van der Waals surface area (Å²) in [5, 5.41) is 10.9. The van der Waals surface area contributed by atoms with E-state index in [0.29, 0.717) is 28.1 Å². The number of carbonyl (C=O) groups is 1. The molecule has 0 saturated heterocycles.